The summed E-state index contributed by atoms with van der Waals surface area (Å²) in [5.74, 6) is 2.49. The average Bonchev–Trinajstić information content (AvgIpc) is 3.55. The van der Waals surface area contributed by atoms with Crippen LogP contribution in [0, 0.1) is 11.3 Å². The molecule has 33 heavy (non-hydrogen) atoms. The van der Waals surface area contributed by atoms with Gasteiger partial charge in [-0.2, -0.15) is 0 Å². The third-order valence-corrected chi connectivity index (χ3v) is 8.35. The molecule has 3 heteroatoms. The summed E-state index contributed by atoms with van der Waals surface area (Å²) < 4.78 is 19.6. The molecule has 0 N–H and O–H groups in total. The maximum atomic E-state index is 7.23. The number of rotatable bonds is 8. The Morgan fingerprint density at radius 3 is 2.70 bits per heavy atom. The molecule has 0 radical (unpaired) electrons. The predicted molar refractivity (Wildman–Crippen MR) is 132 cm³/mol. The first-order valence-corrected chi connectivity index (χ1v) is 12.8. The van der Waals surface area contributed by atoms with Crippen molar-refractivity contribution in [1.29, 1.82) is 0 Å². The second kappa shape index (κ2) is 8.06. The smallest absolute Gasteiger partial charge is 0.165 e. The highest BCUT2D eigenvalue weighted by molar-refractivity contribution is 5.88. The van der Waals surface area contributed by atoms with Crippen LogP contribution >= 0.6 is 0 Å². The van der Waals surface area contributed by atoms with Crippen LogP contribution in [0.1, 0.15) is 52.4 Å². The van der Waals surface area contributed by atoms with Gasteiger partial charge in [0.25, 0.3) is 0 Å². The van der Waals surface area contributed by atoms with Crippen LogP contribution in [0.2, 0.25) is 0 Å². The van der Waals surface area contributed by atoms with Crippen molar-refractivity contribution >= 4 is 10.8 Å². The third-order valence-electron chi connectivity index (χ3n) is 8.35. The lowest BCUT2D eigenvalue weighted by Crippen LogP contribution is -2.62. The fourth-order valence-electron chi connectivity index (χ4n) is 7.21. The topological polar surface area (TPSA) is 27.7 Å². The molecule has 0 aromatic heterocycles. The predicted octanol–water partition coefficient (Wildman–Crippen LogP) is 7.13. The van der Waals surface area contributed by atoms with Gasteiger partial charge in [0.05, 0.1) is 18.6 Å². The number of allylic oxidation sites excluding steroid dienone is 3. The molecule has 2 aromatic carbocycles. The monoisotopic (exact) mass is 442 g/mol. The average molecular weight is 443 g/mol. The molecule has 6 rings (SSSR count). The Hall–Kier alpha value is -2.52. The minimum atomic E-state index is -0.489. The molecule has 0 heterocycles. The van der Waals surface area contributed by atoms with Crippen LogP contribution in [-0.2, 0) is 9.47 Å². The lowest BCUT2D eigenvalue weighted by molar-refractivity contribution is -0.0214. The molecule has 1 spiro atoms. The highest BCUT2D eigenvalue weighted by Gasteiger charge is 2.74. The Balaban J connectivity index is 1.55. The molecule has 3 nitrogen and oxygen atoms in total. The maximum absolute atomic E-state index is 7.23. The van der Waals surface area contributed by atoms with Crippen LogP contribution < -0.4 is 4.74 Å². The zero-order chi connectivity index (χ0) is 22.5. The van der Waals surface area contributed by atoms with Crippen LogP contribution in [0.4, 0.5) is 0 Å². The highest BCUT2D eigenvalue weighted by Crippen LogP contribution is 2.74. The SMILES string of the molecule is CCOCC1=C(C2=CCCC2)[C@]23CCC[C@H]2C(OCC)=C[C@]13Oc1cccc2ccccc12. The molecule has 0 unspecified atom stereocenters. The quantitative estimate of drug-likeness (QED) is 0.435. The lowest BCUT2D eigenvalue weighted by Gasteiger charge is -2.58. The van der Waals surface area contributed by atoms with Crippen molar-refractivity contribution in [2.75, 3.05) is 19.8 Å². The van der Waals surface area contributed by atoms with E-state index in [9.17, 15) is 0 Å². The van der Waals surface area contributed by atoms with E-state index in [1.165, 1.54) is 48.4 Å². The Kier molecular flexibility index (Phi) is 5.14. The Morgan fingerprint density at radius 2 is 1.88 bits per heavy atom. The normalized spacial score (nSPS) is 30.1. The molecule has 3 atom stereocenters. The molecule has 0 saturated heterocycles. The standard InChI is InChI=1S/C30H34O3/c1-3-31-20-25-28(22-12-5-6-13-22)29-18-10-16-24(29)27(32-4-2)19-30(25,29)33-26-17-9-14-21-11-7-8-15-23(21)26/h7-9,11-12,14-15,17,19,24H,3-6,10,13,16,18,20H2,1-2H3/t24-,29-,30-/m0/s1. The largest absolute Gasteiger partial charge is 0.498 e. The van der Waals surface area contributed by atoms with Crippen molar-refractivity contribution in [2.45, 2.75) is 58.0 Å². The number of fused-ring (bicyclic) bond motifs is 1. The van der Waals surface area contributed by atoms with E-state index < -0.39 is 5.60 Å². The summed E-state index contributed by atoms with van der Waals surface area (Å²) in [6.07, 6.45) is 12.0. The maximum Gasteiger partial charge on any atom is 0.165 e. The van der Waals surface area contributed by atoms with E-state index in [4.69, 9.17) is 14.2 Å². The van der Waals surface area contributed by atoms with E-state index in [0.29, 0.717) is 25.7 Å². The van der Waals surface area contributed by atoms with Gasteiger partial charge in [-0.3, -0.25) is 0 Å². The second-order valence-electron chi connectivity index (χ2n) is 9.82. The number of hydrogen-bond donors (Lipinski definition) is 0. The van der Waals surface area contributed by atoms with E-state index in [1.54, 1.807) is 11.1 Å². The summed E-state index contributed by atoms with van der Waals surface area (Å²) in [5.41, 5.74) is 3.89. The first-order chi connectivity index (χ1) is 16.2. The van der Waals surface area contributed by atoms with Crippen LogP contribution in [0.25, 0.3) is 10.8 Å². The zero-order valence-electron chi connectivity index (χ0n) is 19.9. The first kappa shape index (κ1) is 21.0. The molecule has 1 saturated carbocycles. The summed E-state index contributed by atoms with van der Waals surface area (Å²) in [6.45, 7) is 6.20. The number of hydrogen-bond acceptors (Lipinski definition) is 3. The molecular weight excluding hydrogens is 408 g/mol. The second-order valence-corrected chi connectivity index (χ2v) is 9.82. The Bertz CT molecular complexity index is 1170. The molecular formula is C30H34O3. The van der Waals surface area contributed by atoms with Gasteiger partial charge in [-0.05, 0) is 68.6 Å². The molecule has 2 aromatic rings. The van der Waals surface area contributed by atoms with E-state index in [0.717, 1.165) is 17.9 Å². The molecule has 172 valence electrons. The number of ether oxygens (including phenoxy) is 3. The van der Waals surface area contributed by atoms with Gasteiger partial charge >= 0.3 is 0 Å². The van der Waals surface area contributed by atoms with E-state index in [-0.39, 0.29) is 5.41 Å². The summed E-state index contributed by atoms with van der Waals surface area (Å²) in [6, 6.07) is 14.9. The third kappa shape index (κ3) is 2.84. The van der Waals surface area contributed by atoms with Crippen molar-refractivity contribution in [2.24, 2.45) is 11.3 Å². The van der Waals surface area contributed by atoms with Crippen molar-refractivity contribution in [3.63, 3.8) is 0 Å². The lowest BCUT2D eigenvalue weighted by atomic mass is 9.50. The fourth-order valence-corrected chi connectivity index (χ4v) is 7.21. The summed E-state index contributed by atoms with van der Waals surface area (Å²) in [4.78, 5) is 0. The molecule has 0 aliphatic heterocycles. The minimum Gasteiger partial charge on any atom is -0.498 e. The van der Waals surface area contributed by atoms with Crippen molar-refractivity contribution in [3.05, 3.63) is 77.1 Å². The van der Waals surface area contributed by atoms with Gasteiger partial charge in [0.15, 0.2) is 5.60 Å². The van der Waals surface area contributed by atoms with Gasteiger partial charge in [-0.1, -0.05) is 48.9 Å². The Labute approximate surface area is 197 Å². The molecule has 1 fully saturated rings. The van der Waals surface area contributed by atoms with E-state index in [2.05, 4.69) is 68.5 Å². The van der Waals surface area contributed by atoms with E-state index in [1.807, 2.05) is 0 Å². The van der Waals surface area contributed by atoms with Gasteiger partial charge in [0, 0.05) is 29.6 Å². The fraction of sp³-hybridized carbons (Fsp3) is 0.467. The Morgan fingerprint density at radius 1 is 1.00 bits per heavy atom. The highest BCUT2D eigenvalue weighted by atomic mass is 16.5. The van der Waals surface area contributed by atoms with Crippen LogP contribution in [0.15, 0.2) is 77.1 Å². The van der Waals surface area contributed by atoms with E-state index >= 15 is 0 Å². The minimum absolute atomic E-state index is 0.0307. The first-order valence-electron chi connectivity index (χ1n) is 12.8. The molecule has 0 bridgehead atoms. The van der Waals surface area contributed by atoms with Crippen molar-refractivity contribution in [3.8, 4) is 5.75 Å². The van der Waals surface area contributed by atoms with Crippen LogP contribution in [0.5, 0.6) is 5.75 Å². The van der Waals surface area contributed by atoms with Gasteiger partial charge in [0.2, 0.25) is 0 Å². The van der Waals surface area contributed by atoms with Crippen LogP contribution in [0.3, 0.4) is 0 Å². The number of benzene rings is 2. The van der Waals surface area contributed by atoms with Crippen LogP contribution in [-0.4, -0.2) is 25.4 Å². The molecule has 4 aliphatic carbocycles. The van der Waals surface area contributed by atoms with Crippen molar-refractivity contribution in [1.82, 2.24) is 0 Å². The van der Waals surface area contributed by atoms with Gasteiger partial charge in [-0.25, -0.2) is 0 Å². The van der Waals surface area contributed by atoms with Gasteiger partial charge in [-0.15, -0.1) is 0 Å². The molecule has 0 amide bonds. The summed E-state index contributed by atoms with van der Waals surface area (Å²) in [7, 11) is 0. The van der Waals surface area contributed by atoms with Crippen molar-refractivity contribution < 1.29 is 14.2 Å². The van der Waals surface area contributed by atoms with Gasteiger partial charge in [0.1, 0.15) is 11.5 Å². The van der Waals surface area contributed by atoms with Gasteiger partial charge < -0.3 is 14.2 Å². The summed E-state index contributed by atoms with van der Waals surface area (Å²) >= 11 is 0. The summed E-state index contributed by atoms with van der Waals surface area (Å²) in [5, 5.41) is 2.38. The zero-order valence-corrected chi connectivity index (χ0v) is 19.9. The molecule has 4 aliphatic rings.